The normalized spacial score (nSPS) is 13.2. The first-order chi connectivity index (χ1) is 5.81. The van der Waals surface area contributed by atoms with Crippen LogP contribution >= 0.6 is 0 Å². The number of methoxy groups -OCH3 is 1. The molecule has 2 rings (SSSR count). The van der Waals surface area contributed by atoms with E-state index >= 15 is 0 Å². The molecule has 0 N–H and O–H groups in total. The summed E-state index contributed by atoms with van der Waals surface area (Å²) < 4.78 is 5.19. The van der Waals surface area contributed by atoms with Crippen LogP contribution < -0.4 is 4.74 Å². The number of hydrogen-bond acceptors (Lipinski definition) is 1. The second-order valence-corrected chi connectivity index (χ2v) is 3.12. The van der Waals surface area contributed by atoms with Gasteiger partial charge in [0, 0.05) is 0 Å². The lowest BCUT2D eigenvalue weighted by molar-refractivity contribution is 0.414. The van der Waals surface area contributed by atoms with Crippen LogP contribution in [-0.4, -0.2) is 7.11 Å². The van der Waals surface area contributed by atoms with Crippen LogP contribution in [0.3, 0.4) is 0 Å². The fourth-order valence-electron chi connectivity index (χ4n) is 1.66. The Morgan fingerprint density at radius 1 is 1.33 bits per heavy atom. The molecule has 0 fully saturated rings. The molecule has 0 aliphatic heterocycles. The minimum absolute atomic E-state index is 0.956. The summed E-state index contributed by atoms with van der Waals surface area (Å²) in [6.45, 7) is 2.13. The molecule has 0 amide bonds. The number of benzene rings is 1. The van der Waals surface area contributed by atoms with Gasteiger partial charge in [0.25, 0.3) is 0 Å². The maximum atomic E-state index is 5.19. The Morgan fingerprint density at radius 2 is 2.17 bits per heavy atom. The van der Waals surface area contributed by atoms with Crippen LogP contribution in [0.1, 0.15) is 16.7 Å². The van der Waals surface area contributed by atoms with E-state index < -0.39 is 0 Å². The summed E-state index contributed by atoms with van der Waals surface area (Å²) in [5.41, 5.74) is 4.08. The number of fused-ring (bicyclic) bond motifs is 1. The minimum atomic E-state index is 0.956. The maximum Gasteiger partial charge on any atom is 0.119 e. The molecule has 0 unspecified atom stereocenters. The van der Waals surface area contributed by atoms with Gasteiger partial charge in [-0.25, -0.2) is 0 Å². The van der Waals surface area contributed by atoms with E-state index in [2.05, 4.69) is 31.2 Å². The molecule has 0 radical (unpaired) electrons. The van der Waals surface area contributed by atoms with Gasteiger partial charge >= 0.3 is 0 Å². The molecule has 0 saturated carbocycles. The average Bonchev–Trinajstić information content (AvgIpc) is 2.52. The van der Waals surface area contributed by atoms with Crippen molar-refractivity contribution in [2.24, 2.45) is 0 Å². The second kappa shape index (κ2) is 2.67. The fraction of sp³-hybridized carbons (Fsp3) is 0.273. The summed E-state index contributed by atoms with van der Waals surface area (Å²) in [5.74, 6) is 0.956. The van der Waals surface area contributed by atoms with Gasteiger partial charge in [-0.3, -0.25) is 0 Å². The van der Waals surface area contributed by atoms with Crippen molar-refractivity contribution in [1.82, 2.24) is 0 Å². The van der Waals surface area contributed by atoms with E-state index in [1.807, 2.05) is 0 Å². The van der Waals surface area contributed by atoms with Crippen molar-refractivity contribution in [1.29, 1.82) is 0 Å². The largest absolute Gasteiger partial charge is 0.497 e. The maximum absolute atomic E-state index is 5.19. The topological polar surface area (TPSA) is 9.23 Å². The van der Waals surface area contributed by atoms with Crippen molar-refractivity contribution in [3.05, 3.63) is 34.9 Å². The van der Waals surface area contributed by atoms with E-state index in [1.54, 1.807) is 7.11 Å². The SMILES string of the molecule is COc1cc(C)c2c(c1)C=CC2. The molecule has 0 atom stereocenters. The molecule has 1 heteroatoms. The molecule has 0 spiro atoms. The molecule has 0 heterocycles. The Kier molecular flexibility index (Phi) is 1.65. The Morgan fingerprint density at radius 3 is 2.92 bits per heavy atom. The van der Waals surface area contributed by atoms with Crippen molar-refractivity contribution in [2.75, 3.05) is 7.11 Å². The zero-order chi connectivity index (χ0) is 8.55. The summed E-state index contributed by atoms with van der Waals surface area (Å²) in [7, 11) is 1.71. The lowest BCUT2D eigenvalue weighted by Gasteiger charge is -2.06. The Bertz CT molecular complexity index is 337. The molecule has 0 saturated heterocycles. The van der Waals surface area contributed by atoms with Crippen LogP contribution in [-0.2, 0) is 6.42 Å². The highest BCUT2D eigenvalue weighted by Crippen LogP contribution is 2.27. The third-order valence-corrected chi connectivity index (χ3v) is 2.34. The van der Waals surface area contributed by atoms with Crippen molar-refractivity contribution in [3.63, 3.8) is 0 Å². The second-order valence-electron chi connectivity index (χ2n) is 3.12. The predicted molar refractivity (Wildman–Crippen MR) is 50.5 cm³/mol. The molecule has 1 aliphatic rings. The standard InChI is InChI=1S/C11H12O/c1-8-6-10(12-2)7-9-4-3-5-11(8)9/h3-4,6-7H,5H2,1-2H3. The summed E-state index contributed by atoms with van der Waals surface area (Å²) >= 11 is 0. The number of hydrogen-bond donors (Lipinski definition) is 0. The minimum Gasteiger partial charge on any atom is -0.497 e. The predicted octanol–water partition coefficient (Wildman–Crippen LogP) is 2.57. The highest BCUT2D eigenvalue weighted by atomic mass is 16.5. The summed E-state index contributed by atoms with van der Waals surface area (Å²) in [6.07, 6.45) is 5.42. The van der Waals surface area contributed by atoms with Crippen LogP contribution in [0.15, 0.2) is 18.2 Å². The van der Waals surface area contributed by atoms with Gasteiger partial charge in [-0.15, -0.1) is 0 Å². The number of allylic oxidation sites excluding steroid dienone is 1. The third-order valence-electron chi connectivity index (χ3n) is 2.34. The summed E-state index contributed by atoms with van der Waals surface area (Å²) in [5, 5.41) is 0. The van der Waals surface area contributed by atoms with Crippen LogP contribution in [0.2, 0.25) is 0 Å². The molecule has 0 bridgehead atoms. The molecule has 1 nitrogen and oxygen atoms in total. The van der Waals surface area contributed by atoms with Crippen molar-refractivity contribution in [3.8, 4) is 5.75 Å². The first-order valence-electron chi connectivity index (χ1n) is 4.15. The van der Waals surface area contributed by atoms with Gasteiger partial charge in [0.2, 0.25) is 0 Å². The molecule has 0 aromatic heterocycles. The fourth-order valence-corrected chi connectivity index (χ4v) is 1.66. The lowest BCUT2D eigenvalue weighted by atomic mass is 10.0. The van der Waals surface area contributed by atoms with Gasteiger partial charge < -0.3 is 4.74 Å². The average molecular weight is 160 g/mol. The quantitative estimate of drug-likeness (QED) is 0.613. The monoisotopic (exact) mass is 160 g/mol. The smallest absolute Gasteiger partial charge is 0.119 e. The van der Waals surface area contributed by atoms with Crippen LogP contribution in [0, 0.1) is 6.92 Å². The molecule has 1 aliphatic carbocycles. The van der Waals surface area contributed by atoms with Gasteiger partial charge in [-0.2, -0.15) is 0 Å². The highest BCUT2D eigenvalue weighted by Gasteiger charge is 2.09. The molecular formula is C11H12O. The van der Waals surface area contributed by atoms with Crippen LogP contribution in [0.4, 0.5) is 0 Å². The van der Waals surface area contributed by atoms with E-state index in [0.29, 0.717) is 0 Å². The van der Waals surface area contributed by atoms with Crippen LogP contribution in [0.5, 0.6) is 5.75 Å². The molecule has 62 valence electrons. The van der Waals surface area contributed by atoms with E-state index in [-0.39, 0.29) is 0 Å². The lowest BCUT2D eigenvalue weighted by Crippen LogP contribution is -1.90. The van der Waals surface area contributed by atoms with Gasteiger partial charge in [0.15, 0.2) is 0 Å². The van der Waals surface area contributed by atoms with Crippen molar-refractivity contribution >= 4 is 6.08 Å². The van der Waals surface area contributed by atoms with E-state index in [1.165, 1.54) is 16.7 Å². The Hall–Kier alpha value is -1.24. The van der Waals surface area contributed by atoms with Gasteiger partial charge in [0.1, 0.15) is 5.75 Å². The molecule has 1 aromatic carbocycles. The molecular weight excluding hydrogens is 148 g/mol. The van der Waals surface area contributed by atoms with E-state index in [0.717, 1.165) is 12.2 Å². The van der Waals surface area contributed by atoms with Gasteiger partial charge in [0.05, 0.1) is 7.11 Å². The zero-order valence-corrected chi connectivity index (χ0v) is 7.42. The summed E-state index contributed by atoms with van der Waals surface area (Å²) in [6, 6.07) is 4.18. The zero-order valence-electron chi connectivity index (χ0n) is 7.42. The first kappa shape index (κ1) is 7.41. The van der Waals surface area contributed by atoms with Gasteiger partial charge in [-0.1, -0.05) is 12.2 Å². The van der Waals surface area contributed by atoms with E-state index in [4.69, 9.17) is 4.74 Å². The summed E-state index contributed by atoms with van der Waals surface area (Å²) in [4.78, 5) is 0. The molecule has 12 heavy (non-hydrogen) atoms. The number of rotatable bonds is 1. The first-order valence-corrected chi connectivity index (χ1v) is 4.15. The third kappa shape index (κ3) is 1.02. The Labute approximate surface area is 72.7 Å². The highest BCUT2D eigenvalue weighted by molar-refractivity contribution is 5.63. The van der Waals surface area contributed by atoms with Crippen LogP contribution in [0.25, 0.3) is 6.08 Å². The number of ether oxygens (including phenoxy) is 1. The van der Waals surface area contributed by atoms with Crippen molar-refractivity contribution in [2.45, 2.75) is 13.3 Å². The Balaban J connectivity index is 2.56. The van der Waals surface area contributed by atoms with Crippen molar-refractivity contribution < 1.29 is 4.74 Å². The van der Waals surface area contributed by atoms with E-state index in [9.17, 15) is 0 Å². The van der Waals surface area contributed by atoms with Gasteiger partial charge in [-0.05, 0) is 42.2 Å². The number of aryl methyl sites for hydroxylation is 1. The molecule has 1 aromatic rings.